The Morgan fingerprint density at radius 2 is 2.00 bits per heavy atom. The molecule has 2 unspecified atom stereocenters. The predicted molar refractivity (Wildman–Crippen MR) is 147 cm³/mol. The lowest BCUT2D eigenvalue weighted by Gasteiger charge is -2.18. The SMILES string of the molecule is Cc1ccc(COc2ccc(/C=N/NC(=O)C(C)n3cnc4sc5c(c4c3=O)CCC(C)C5)cc2)cc1. The number of aromatic nitrogens is 2. The van der Waals surface area contributed by atoms with Crippen molar-refractivity contribution in [3.63, 3.8) is 0 Å². The zero-order valence-electron chi connectivity index (χ0n) is 21.2. The fraction of sp³-hybridized carbons (Fsp3) is 0.310. The number of ether oxygens (including phenoxy) is 1. The minimum absolute atomic E-state index is 0.162. The van der Waals surface area contributed by atoms with Crippen LogP contribution in [0.3, 0.4) is 0 Å². The van der Waals surface area contributed by atoms with Crippen molar-refractivity contribution in [1.82, 2.24) is 15.0 Å². The van der Waals surface area contributed by atoms with Crippen molar-refractivity contribution >= 4 is 33.7 Å². The van der Waals surface area contributed by atoms with Gasteiger partial charge in [-0.1, -0.05) is 36.8 Å². The van der Waals surface area contributed by atoms with Crippen molar-refractivity contribution in [3.05, 3.63) is 92.3 Å². The number of benzene rings is 2. The molecule has 0 aliphatic heterocycles. The van der Waals surface area contributed by atoms with Gasteiger partial charge in [0.05, 0.1) is 17.9 Å². The van der Waals surface area contributed by atoms with Gasteiger partial charge in [-0.3, -0.25) is 14.2 Å². The summed E-state index contributed by atoms with van der Waals surface area (Å²) in [7, 11) is 0. The van der Waals surface area contributed by atoms with Crippen LogP contribution in [0.4, 0.5) is 0 Å². The lowest BCUT2D eigenvalue weighted by atomic mass is 9.89. The number of carbonyl (C=O) groups excluding carboxylic acids is 1. The molecule has 1 aliphatic rings. The Bertz CT molecular complexity index is 1500. The summed E-state index contributed by atoms with van der Waals surface area (Å²) in [6.07, 6.45) is 5.98. The Morgan fingerprint density at radius 1 is 1.24 bits per heavy atom. The van der Waals surface area contributed by atoms with Gasteiger partial charge in [0, 0.05) is 4.88 Å². The number of hydrogen-bond donors (Lipinski definition) is 1. The van der Waals surface area contributed by atoms with E-state index < -0.39 is 6.04 Å². The minimum Gasteiger partial charge on any atom is -0.489 e. The van der Waals surface area contributed by atoms with Crippen LogP contribution in [0, 0.1) is 12.8 Å². The molecule has 2 aromatic carbocycles. The van der Waals surface area contributed by atoms with Crippen molar-refractivity contribution in [1.29, 1.82) is 0 Å². The molecule has 190 valence electrons. The van der Waals surface area contributed by atoms with E-state index in [1.807, 2.05) is 24.3 Å². The molecule has 2 atom stereocenters. The predicted octanol–water partition coefficient (Wildman–Crippen LogP) is 5.18. The van der Waals surface area contributed by atoms with E-state index in [9.17, 15) is 9.59 Å². The normalized spacial score (nSPS) is 16.0. The van der Waals surface area contributed by atoms with Crippen LogP contribution in [-0.4, -0.2) is 21.7 Å². The topological polar surface area (TPSA) is 85.6 Å². The van der Waals surface area contributed by atoms with Gasteiger partial charge in [0.2, 0.25) is 0 Å². The average molecular weight is 515 g/mol. The van der Waals surface area contributed by atoms with Gasteiger partial charge in [-0.25, -0.2) is 10.4 Å². The number of nitrogens with one attached hydrogen (secondary N) is 1. The van der Waals surface area contributed by atoms with E-state index >= 15 is 0 Å². The van der Waals surface area contributed by atoms with Crippen molar-refractivity contribution in [2.45, 2.75) is 52.7 Å². The highest BCUT2D eigenvalue weighted by Crippen LogP contribution is 2.35. The molecule has 0 radical (unpaired) electrons. The number of fused-ring (bicyclic) bond motifs is 3. The number of carbonyl (C=O) groups is 1. The Morgan fingerprint density at radius 3 is 2.76 bits per heavy atom. The Kier molecular flexibility index (Phi) is 7.19. The van der Waals surface area contributed by atoms with Crippen LogP contribution in [0.5, 0.6) is 5.75 Å². The number of hydrazone groups is 1. The molecule has 0 fully saturated rings. The van der Waals surface area contributed by atoms with E-state index in [0.717, 1.165) is 46.5 Å². The maximum Gasteiger partial charge on any atom is 0.263 e. The largest absolute Gasteiger partial charge is 0.489 e. The summed E-state index contributed by atoms with van der Waals surface area (Å²) in [4.78, 5) is 32.5. The zero-order valence-corrected chi connectivity index (χ0v) is 22.0. The van der Waals surface area contributed by atoms with E-state index in [2.05, 4.69) is 53.6 Å². The smallest absolute Gasteiger partial charge is 0.263 e. The maximum absolute atomic E-state index is 13.3. The van der Waals surface area contributed by atoms with E-state index in [0.29, 0.717) is 17.9 Å². The Balaban J connectivity index is 1.20. The van der Waals surface area contributed by atoms with Crippen LogP contribution in [-0.2, 0) is 24.2 Å². The number of rotatable bonds is 7. The number of amides is 1. The summed E-state index contributed by atoms with van der Waals surface area (Å²) >= 11 is 1.60. The van der Waals surface area contributed by atoms with Crippen LogP contribution in [0.25, 0.3) is 10.2 Å². The molecule has 1 aliphatic carbocycles. The zero-order chi connectivity index (χ0) is 25.9. The molecule has 0 spiro atoms. The molecular weight excluding hydrogens is 484 g/mol. The first kappa shape index (κ1) is 24.9. The highest BCUT2D eigenvalue weighted by atomic mass is 32.1. The van der Waals surface area contributed by atoms with Crippen molar-refractivity contribution in [3.8, 4) is 5.75 Å². The molecule has 1 N–H and O–H groups in total. The third kappa shape index (κ3) is 5.49. The van der Waals surface area contributed by atoms with Crippen LogP contribution < -0.4 is 15.7 Å². The summed E-state index contributed by atoms with van der Waals surface area (Å²) in [6.45, 7) is 6.47. The van der Waals surface area contributed by atoms with Gasteiger partial charge in [0.1, 0.15) is 23.2 Å². The summed E-state index contributed by atoms with van der Waals surface area (Å²) < 4.78 is 7.24. The summed E-state index contributed by atoms with van der Waals surface area (Å²) in [6, 6.07) is 15.0. The fourth-order valence-electron chi connectivity index (χ4n) is 4.51. The standard InChI is InChI=1S/C29H30N4O3S/c1-18-4-7-22(8-5-18)16-36-23-11-9-21(10-12-23)15-31-32-27(34)20(3)33-17-30-28-26(29(33)35)24-13-6-19(2)14-25(24)37-28/h4-5,7-12,15,17,19-20H,6,13-14,16H2,1-3H3,(H,32,34)/b31-15+. The molecule has 4 aromatic rings. The molecule has 2 aromatic heterocycles. The molecule has 37 heavy (non-hydrogen) atoms. The summed E-state index contributed by atoms with van der Waals surface area (Å²) in [5.74, 6) is 0.991. The Labute approximate surface area is 219 Å². The third-order valence-corrected chi connectivity index (χ3v) is 7.99. The first-order valence-electron chi connectivity index (χ1n) is 12.5. The molecule has 8 heteroatoms. The Hall–Kier alpha value is -3.78. The van der Waals surface area contributed by atoms with Crippen LogP contribution in [0.2, 0.25) is 0 Å². The van der Waals surface area contributed by atoms with Gasteiger partial charge in [-0.05, 0) is 80.0 Å². The third-order valence-electron chi connectivity index (χ3n) is 6.83. The van der Waals surface area contributed by atoms with Gasteiger partial charge in [0.25, 0.3) is 11.5 Å². The van der Waals surface area contributed by atoms with Crippen molar-refractivity contribution in [2.24, 2.45) is 11.0 Å². The van der Waals surface area contributed by atoms with Crippen molar-refractivity contribution < 1.29 is 9.53 Å². The van der Waals surface area contributed by atoms with Gasteiger partial charge < -0.3 is 4.74 Å². The molecule has 2 heterocycles. The minimum atomic E-state index is -0.739. The highest BCUT2D eigenvalue weighted by molar-refractivity contribution is 7.18. The highest BCUT2D eigenvalue weighted by Gasteiger charge is 2.25. The van der Waals surface area contributed by atoms with E-state index in [4.69, 9.17) is 4.74 Å². The number of nitrogens with zero attached hydrogens (tertiary/aromatic N) is 3. The monoisotopic (exact) mass is 514 g/mol. The number of thiophene rings is 1. The van der Waals surface area contributed by atoms with Crippen LogP contribution in [0.1, 0.15) is 53.4 Å². The molecule has 0 saturated carbocycles. The first-order valence-corrected chi connectivity index (χ1v) is 13.3. The molecule has 7 nitrogen and oxygen atoms in total. The second-order valence-corrected chi connectivity index (χ2v) is 10.8. The van der Waals surface area contributed by atoms with Crippen LogP contribution in [0.15, 0.2) is 64.8 Å². The molecule has 1 amide bonds. The first-order chi connectivity index (χ1) is 17.9. The lowest BCUT2D eigenvalue weighted by Crippen LogP contribution is -2.34. The number of hydrogen-bond acceptors (Lipinski definition) is 6. The van der Waals surface area contributed by atoms with Gasteiger partial charge in [-0.2, -0.15) is 5.10 Å². The fourth-order valence-corrected chi connectivity index (χ4v) is 5.85. The van der Waals surface area contributed by atoms with E-state index in [1.54, 1.807) is 24.5 Å². The molecule has 0 saturated heterocycles. The maximum atomic E-state index is 13.3. The summed E-state index contributed by atoms with van der Waals surface area (Å²) in [5.41, 5.74) is 6.64. The van der Waals surface area contributed by atoms with E-state index in [1.165, 1.54) is 21.3 Å². The van der Waals surface area contributed by atoms with E-state index in [-0.39, 0.29) is 11.5 Å². The molecule has 0 bridgehead atoms. The number of aryl methyl sites for hydroxylation is 2. The molecule has 5 rings (SSSR count). The summed E-state index contributed by atoms with van der Waals surface area (Å²) in [5, 5.41) is 4.75. The lowest BCUT2D eigenvalue weighted by molar-refractivity contribution is -0.123. The van der Waals surface area contributed by atoms with Crippen molar-refractivity contribution in [2.75, 3.05) is 0 Å². The van der Waals surface area contributed by atoms with Gasteiger partial charge in [-0.15, -0.1) is 11.3 Å². The van der Waals surface area contributed by atoms with Gasteiger partial charge >= 0.3 is 0 Å². The van der Waals surface area contributed by atoms with Gasteiger partial charge in [0.15, 0.2) is 0 Å². The quantitative estimate of drug-likeness (QED) is 0.272. The second kappa shape index (κ2) is 10.7. The molecular formula is C29H30N4O3S. The van der Waals surface area contributed by atoms with Crippen LogP contribution >= 0.6 is 11.3 Å². The second-order valence-electron chi connectivity index (χ2n) is 9.74. The average Bonchev–Trinajstić information content (AvgIpc) is 3.27.